The van der Waals surface area contributed by atoms with Crippen molar-refractivity contribution in [3.8, 4) is 5.75 Å². The summed E-state index contributed by atoms with van der Waals surface area (Å²) in [6, 6.07) is 4.87. The molecule has 1 aliphatic carbocycles. The number of hydrogen-bond acceptors (Lipinski definition) is 5. The second kappa shape index (κ2) is 8.31. The number of nitrogens with one attached hydrogen (secondary N) is 2. The van der Waals surface area contributed by atoms with Crippen LogP contribution in [0.25, 0.3) is 0 Å². The van der Waals surface area contributed by atoms with Gasteiger partial charge in [0.2, 0.25) is 0 Å². The smallest absolute Gasteiger partial charge is 0.471 e. The first-order valence-corrected chi connectivity index (χ1v) is 10.6. The molecule has 1 atom stereocenters. The molecule has 0 bridgehead atoms. The molecule has 0 spiro atoms. The lowest BCUT2D eigenvalue weighted by Gasteiger charge is -2.28. The molecule has 1 aromatic heterocycles. The number of fused-ring (bicyclic) bond motifs is 1. The van der Waals surface area contributed by atoms with Crippen molar-refractivity contribution < 1.29 is 31.1 Å². The number of pyridine rings is 1. The second-order valence-electron chi connectivity index (χ2n) is 6.60. The summed E-state index contributed by atoms with van der Waals surface area (Å²) in [6.45, 7) is 0. The molecule has 0 aliphatic heterocycles. The predicted octanol–water partition coefficient (Wildman–Crippen LogP) is 3.08. The van der Waals surface area contributed by atoms with Gasteiger partial charge in [-0.3, -0.25) is 9.52 Å². The monoisotopic (exact) mass is 463 g/mol. The van der Waals surface area contributed by atoms with E-state index < -0.39 is 28.1 Å². The van der Waals surface area contributed by atoms with Crippen molar-refractivity contribution in [2.45, 2.75) is 36.4 Å². The van der Waals surface area contributed by atoms with Gasteiger partial charge in [-0.1, -0.05) is 11.6 Å². The Morgan fingerprint density at radius 3 is 2.57 bits per heavy atom. The van der Waals surface area contributed by atoms with E-state index in [4.69, 9.17) is 16.3 Å². The number of benzene rings is 1. The maximum absolute atomic E-state index is 12.9. The largest absolute Gasteiger partial charge is 0.496 e. The summed E-state index contributed by atoms with van der Waals surface area (Å²) < 4.78 is 71.1. The molecule has 2 aromatic rings. The van der Waals surface area contributed by atoms with Gasteiger partial charge in [-0.2, -0.15) is 13.2 Å². The molecule has 1 amide bonds. The van der Waals surface area contributed by atoms with Crippen molar-refractivity contribution in [2.24, 2.45) is 0 Å². The minimum absolute atomic E-state index is 0.00286. The topological polar surface area (TPSA) is 97.4 Å². The zero-order valence-corrected chi connectivity index (χ0v) is 17.2. The minimum atomic E-state index is -4.99. The Morgan fingerprint density at radius 1 is 1.23 bits per heavy atom. The Bertz CT molecular complexity index is 1060. The number of halogens is 4. The molecule has 0 saturated heterocycles. The summed E-state index contributed by atoms with van der Waals surface area (Å²) in [4.78, 5) is 15.1. The fraction of sp³-hybridized carbons (Fsp3) is 0.333. The first-order valence-electron chi connectivity index (χ1n) is 8.72. The van der Waals surface area contributed by atoms with Crippen molar-refractivity contribution in [2.75, 3.05) is 11.8 Å². The molecule has 0 radical (unpaired) electrons. The van der Waals surface area contributed by atoms with Crippen LogP contribution >= 0.6 is 11.6 Å². The lowest BCUT2D eigenvalue weighted by Crippen LogP contribution is -2.45. The fourth-order valence-electron chi connectivity index (χ4n) is 3.28. The third-order valence-corrected chi connectivity index (χ3v) is 6.27. The van der Waals surface area contributed by atoms with E-state index in [1.165, 1.54) is 37.6 Å². The molecule has 7 nitrogen and oxygen atoms in total. The number of carbonyl (C=O) groups excluding carboxylic acids is 1. The molecule has 1 aliphatic rings. The van der Waals surface area contributed by atoms with E-state index in [1.54, 1.807) is 0 Å². The Balaban J connectivity index is 1.91. The van der Waals surface area contributed by atoms with E-state index in [0.717, 1.165) is 0 Å². The zero-order chi connectivity index (χ0) is 22.1. The number of anilines is 1. The van der Waals surface area contributed by atoms with Crippen LogP contribution in [0.5, 0.6) is 5.75 Å². The SMILES string of the molecule is COc1ccc(S(=O)(=O)Nc2ccc(Cl)cn2)c2c1CC(NC(=O)C(F)(F)F)CC2. The van der Waals surface area contributed by atoms with Gasteiger partial charge < -0.3 is 10.1 Å². The van der Waals surface area contributed by atoms with Crippen molar-refractivity contribution in [1.82, 2.24) is 10.3 Å². The van der Waals surface area contributed by atoms with Crippen molar-refractivity contribution in [3.05, 3.63) is 46.6 Å². The van der Waals surface area contributed by atoms with Crippen molar-refractivity contribution in [1.29, 1.82) is 0 Å². The van der Waals surface area contributed by atoms with Crippen LogP contribution in [-0.4, -0.2) is 38.6 Å². The van der Waals surface area contributed by atoms with Gasteiger partial charge in [0.1, 0.15) is 11.6 Å². The highest BCUT2D eigenvalue weighted by molar-refractivity contribution is 7.92. The van der Waals surface area contributed by atoms with Gasteiger partial charge in [-0.05, 0) is 49.1 Å². The molecule has 2 N–H and O–H groups in total. The molecule has 12 heteroatoms. The molecule has 3 rings (SSSR count). The van der Waals surface area contributed by atoms with Crippen LogP contribution in [0.4, 0.5) is 19.0 Å². The third kappa shape index (κ3) is 4.78. The first-order chi connectivity index (χ1) is 14.0. The van der Waals surface area contributed by atoms with Crippen LogP contribution in [0.1, 0.15) is 17.5 Å². The van der Waals surface area contributed by atoms with Gasteiger partial charge in [0.05, 0.1) is 17.0 Å². The lowest BCUT2D eigenvalue weighted by molar-refractivity contribution is -0.174. The molecule has 1 heterocycles. The number of carbonyl (C=O) groups is 1. The summed E-state index contributed by atoms with van der Waals surface area (Å²) in [5, 5.41) is 2.29. The Kier molecular flexibility index (Phi) is 6.14. The van der Waals surface area contributed by atoms with Crippen LogP contribution in [0.3, 0.4) is 0 Å². The summed E-state index contributed by atoms with van der Waals surface area (Å²) >= 11 is 5.75. The number of alkyl halides is 3. The van der Waals surface area contributed by atoms with Gasteiger partial charge in [0, 0.05) is 17.8 Å². The number of aromatic nitrogens is 1. The highest BCUT2D eigenvalue weighted by Gasteiger charge is 2.40. The molecule has 30 heavy (non-hydrogen) atoms. The Hall–Kier alpha value is -2.53. The maximum Gasteiger partial charge on any atom is 0.471 e. The van der Waals surface area contributed by atoms with E-state index in [9.17, 15) is 26.4 Å². The Labute approximate surface area is 175 Å². The molecule has 1 aromatic carbocycles. The average Bonchev–Trinajstić information content (AvgIpc) is 2.67. The number of hydrogen-bond donors (Lipinski definition) is 2. The van der Waals surface area contributed by atoms with Gasteiger partial charge in [0.25, 0.3) is 10.0 Å². The fourth-order valence-corrected chi connectivity index (χ4v) is 4.69. The number of methoxy groups -OCH3 is 1. The average molecular weight is 464 g/mol. The predicted molar refractivity (Wildman–Crippen MR) is 103 cm³/mol. The third-order valence-electron chi connectivity index (χ3n) is 4.61. The van der Waals surface area contributed by atoms with Gasteiger partial charge in [-0.25, -0.2) is 13.4 Å². The number of amides is 1. The van der Waals surface area contributed by atoms with Crippen LogP contribution < -0.4 is 14.8 Å². The first kappa shape index (κ1) is 22.2. The van der Waals surface area contributed by atoms with Crippen LogP contribution in [0.2, 0.25) is 5.02 Å². The molecule has 162 valence electrons. The molecule has 0 saturated carbocycles. The maximum atomic E-state index is 12.9. The summed E-state index contributed by atoms with van der Waals surface area (Å²) in [5.74, 6) is -1.64. The van der Waals surface area contributed by atoms with Crippen molar-refractivity contribution in [3.63, 3.8) is 0 Å². The summed E-state index contributed by atoms with van der Waals surface area (Å²) in [5.41, 5.74) is 0.858. The van der Waals surface area contributed by atoms with Gasteiger partial charge in [0.15, 0.2) is 0 Å². The van der Waals surface area contributed by atoms with E-state index in [-0.39, 0.29) is 30.0 Å². The number of nitrogens with zero attached hydrogens (tertiary/aromatic N) is 1. The standard InChI is InChI=1S/C18H17ClF3N3O4S/c1-29-14-5-6-15(30(27,28)25-16-7-2-10(19)9-23-16)12-4-3-11(8-13(12)14)24-17(26)18(20,21)22/h2,5-7,9,11H,3-4,8H2,1H3,(H,23,25)(H,24,26). The summed E-state index contributed by atoms with van der Waals surface area (Å²) in [7, 11) is -2.66. The molecule has 0 fully saturated rings. The van der Waals surface area contributed by atoms with Crippen LogP contribution in [0, 0.1) is 0 Å². The van der Waals surface area contributed by atoms with Gasteiger partial charge >= 0.3 is 12.1 Å². The Morgan fingerprint density at radius 2 is 1.97 bits per heavy atom. The quantitative estimate of drug-likeness (QED) is 0.710. The van der Waals surface area contributed by atoms with E-state index >= 15 is 0 Å². The summed E-state index contributed by atoms with van der Waals surface area (Å²) in [6.07, 6.45) is -3.42. The minimum Gasteiger partial charge on any atom is -0.496 e. The van der Waals surface area contributed by atoms with Crippen molar-refractivity contribution >= 4 is 33.3 Å². The van der Waals surface area contributed by atoms with E-state index in [0.29, 0.717) is 21.9 Å². The molecular formula is C18H17ClF3N3O4S. The number of ether oxygens (including phenoxy) is 1. The zero-order valence-electron chi connectivity index (χ0n) is 15.6. The van der Waals surface area contributed by atoms with E-state index in [1.807, 2.05) is 5.32 Å². The highest BCUT2D eigenvalue weighted by atomic mass is 35.5. The lowest BCUT2D eigenvalue weighted by atomic mass is 9.87. The van der Waals surface area contributed by atoms with E-state index in [2.05, 4.69) is 9.71 Å². The molecular weight excluding hydrogens is 447 g/mol. The number of sulfonamides is 1. The normalized spacial score (nSPS) is 16.5. The van der Waals surface area contributed by atoms with Gasteiger partial charge in [-0.15, -0.1) is 0 Å². The van der Waals surface area contributed by atoms with Crippen LogP contribution in [-0.2, 0) is 27.7 Å². The van der Waals surface area contributed by atoms with Crippen LogP contribution in [0.15, 0.2) is 35.4 Å². The number of rotatable bonds is 5. The second-order valence-corrected chi connectivity index (χ2v) is 8.69. The molecule has 1 unspecified atom stereocenters. The highest BCUT2D eigenvalue weighted by Crippen LogP contribution is 2.35.